The minimum Gasteiger partial charge on any atom is -0.391 e. The number of nitrogens with two attached hydrogens (primary N) is 1. The van der Waals surface area contributed by atoms with Crippen molar-refractivity contribution in [1.29, 1.82) is 0 Å². The van der Waals surface area contributed by atoms with E-state index in [0.29, 0.717) is 6.54 Å². The molecule has 0 aliphatic carbocycles. The van der Waals surface area contributed by atoms with Gasteiger partial charge in [-0.2, -0.15) is 0 Å². The third-order valence-corrected chi connectivity index (χ3v) is 4.24. The fourth-order valence-corrected chi connectivity index (χ4v) is 3.20. The molecule has 0 radical (unpaired) electrons. The van der Waals surface area contributed by atoms with Gasteiger partial charge in [-0.25, -0.2) is 15.0 Å². The number of rotatable bonds is 2. The predicted molar refractivity (Wildman–Crippen MR) is 89.0 cm³/mol. The molecule has 4 N–H and O–H groups in total. The van der Waals surface area contributed by atoms with E-state index in [-0.39, 0.29) is 12.1 Å². The highest BCUT2D eigenvalue weighted by Gasteiger charge is 2.22. The van der Waals surface area contributed by atoms with Crippen molar-refractivity contribution in [3.63, 3.8) is 0 Å². The van der Waals surface area contributed by atoms with Crippen LogP contribution in [-0.4, -0.2) is 44.2 Å². The molecule has 0 aromatic carbocycles. The molecule has 4 rings (SSSR count). The van der Waals surface area contributed by atoms with Crippen molar-refractivity contribution >= 4 is 22.7 Å². The number of fused-ring (bicyclic) bond motifs is 1. The van der Waals surface area contributed by atoms with Gasteiger partial charge < -0.3 is 20.7 Å². The molecule has 1 saturated heterocycles. The molecule has 1 aliphatic rings. The quantitative estimate of drug-likeness (QED) is 0.663. The number of nitrogen functional groups attached to an aromatic ring is 1. The first kappa shape index (κ1) is 14.0. The Morgan fingerprint density at radius 3 is 2.96 bits per heavy atom. The molecular weight excluding hydrogens is 292 g/mol. The van der Waals surface area contributed by atoms with Crippen LogP contribution in [-0.2, 0) is 0 Å². The van der Waals surface area contributed by atoms with Gasteiger partial charge in [0.15, 0.2) is 0 Å². The second-order valence-corrected chi connectivity index (χ2v) is 5.80. The summed E-state index contributed by atoms with van der Waals surface area (Å²) in [4.78, 5) is 18.1. The first-order valence-electron chi connectivity index (χ1n) is 7.70. The first-order chi connectivity index (χ1) is 11.2. The molecule has 0 bridgehead atoms. The van der Waals surface area contributed by atoms with E-state index in [9.17, 15) is 5.11 Å². The smallest absolute Gasteiger partial charge is 0.220 e. The van der Waals surface area contributed by atoms with Crippen molar-refractivity contribution in [2.75, 3.05) is 23.7 Å². The molecule has 0 amide bonds. The Balaban J connectivity index is 1.87. The number of aliphatic hydroxyl groups excluding tert-OH is 1. The zero-order valence-corrected chi connectivity index (χ0v) is 12.6. The van der Waals surface area contributed by atoms with E-state index in [2.05, 4.69) is 24.8 Å². The van der Waals surface area contributed by atoms with Crippen molar-refractivity contribution in [3.05, 3.63) is 30.7 Å². The van der Waals surface area contributed by atoms with E-state index >= 15 is 0 Å². The summed E-state index contributed by atoms with van der Waals surface area (Å²) in [6.45, 7) is 1.56. The maximum atomic E-state index is 9.98. The van der Waals surface area contributed by atoms with Crippen LogP contribution in [0, 0.1) is 0 Å². The SMILES string of the molecule is Nc1nccc(-c2c[nH]c3nccc(N4CCC[C@@H](O)C4)c23)n1. The summed E-state index contributed by atoms with van der Waals surface area (Å²) < 4.78 is 0. The number of aliphatic hydroxyl groups is 1. The third kappa shape index (κ3) is 2.49. The van der Waals surface area contributed by atoms with Crippen molar-refractivity contribution in [2.45, 2.75) is 18.9 Å². The highest BCUT2D eigenvalue weighted by Crippen LogP contribution is 2.35. The summed E-state index contributed by atoms with van der Waals surface area (Å²) in [5.74, 6) is 0.246. The zero-order chi connectivity index (χ0) is 15.8. The van der Waals surface area contributed by atoms with Gasteiger partial charge in [-0.3, -0.25) is 0 Å². The van der Waals surface area contributed by atoms with E-state index in [0.717, 1.165) is 47.4 Å². The maximum absolute atomic E-state index is 9.98. The van der Waals surface area contributed by atoms with Crippen LogP contribution in [0.15, 0.2) is 30.7 Å². The molecule has 3 aromatic heterocycles. The van der Waals surface area contributed by atoms with Crippen LogP contribution >= 0.6 is 0 Å². The van der Waals surface area contributed by atoms with Crippen molar-refractivity contribution in [3.8, 4) is 11.3 Å². The van der Waals surface area contributed by atoms with Crippen LogP contribution in [0.25, 0.3) is 22.3 Å². The normalized spacial score (nSPS) is 18.5. The minimum atomic E-state index is -0.288. The van der Waals surface area contributed by atoms with Crippen molar-refractivity contribution in [2.24, 2.45) is 0 Å². The predicted octanol–water partition coefficient (Wildman–Crippen LogP) is 1.56. The van der Waals surface area contributed by atoms with Crippen molar-refractivity contribution in [1.82, 2.24) is 19.9 Å². The van der Waals surface area contributed by atoms with E-state index < -0.39 is 0 Å². The molecule has 1 aliphatic heterocycles. The molecule has 4 heterocycles. The molecule has 1 fully saturated rings. The van der Waals surface area contributed by atoms with Crippen LogP contribution in [0.1, 0.15) is 12.8 Å². The molecule has 3 aromatic rings. The molecule has 1 atom stereocenters. The fourth-order valence-electron chi connectivity index (χ4n) is 3.20. The Morgan fingerprint density at radius 1 is 1.26 bits per heavy atom. The Hall–Kier alpha value is -2.67. The van der Waals surface area contributed by atoms with E-state index in [1.165, 1.54) is 0 Å². The maximum Gasteiger partial charge on any atom is 0.220 e. The molecular formula is C16H18N6O. The number of pyridine rings is 1. The van der Waals surface area contributed by atoms with Gasteiger partial charge in [-0.1, -0.05) is 0 Å². The number of hydrogen-bond donors (Lipinski definition) is 3. The Bertz CT molecular complexity index is 845. The highest BCUT2D eigenvalue weighted by molar-refractivity contribution is 6.02. The standard InChI is InChI=1S/C16H18N6O/c17-16-19-5-3-12(21-16)11-8-20-15-14(11)13(4-6-18-15)22-7-1-2-10(23)9-22/h3-6,8,10,23H,1-2,7,9H2,(H,18,20)(H2,17,19,21)/t10-/m1/s1. The number of nitrogens with one attached hydrogen (secondary N) is 1. The Labute approximate surface area is 133 Å². The highest BCUT2D eigenvalue weighted by atomic mass is 16.3. The first-order valence-corrected chi connectivity index (χ1v) is 7.70. The number of nitrogens with zero attached hydrogens (tertiary/aromatic N) is 4. The summed E-state index contributed by atoms with van der Waals surface area (Å²) in [5, 5.41) is 11.0. The number of aromatic nitrogens is 4. The fraction of sp³-hybridized carbons (Fsp3) is 0.312. The minimum absolute atomic E-state index is 0.246. The van der Waals surface area contributed by atoms with Crippen LogP contribution in [0.3, 0.4) is 0 Å². The number of anilines is 2. The van der Waals surface area contributed by atoms with Crippen LogP contribution < -0.4 is 10.6 Å². The van der Waals surface area contributed by atoms with E-state index in [4.69, 9.17) is 5.73 Å². The van der Waals surface area contributed by atoms with E-state index in [1.807, 2.05) is 18.3 Å². The van der Waals surface area contributed by atoms with Crippen LogP contribution in [0.2, 0.25) is 0 Å². The summed E-state index contributed by atoms with van der Waals surface area (Å²) >= 11 is 0. The number of β-amino-alcohol motifs (C(OH)–C–C–N with tert-alkyl or cyclic N) is 1. The van der Waals surface area contributed by atoms with Gasteiger partial charge in [0, 0.05) is 37.2 Å². The lowest BCUT2D eigenvalue weighted by Gasteiger charge is -2.32. The number of piperidine rings is 1. The number of aromatic amines is 1. The Kier molecular flexibility index (Phi) is 3.34. The summed E-state index contributed by atoms with van der Waals surface area (Å²) in [6.07, 6.45) is 6.87. The average molecular weight is 310 g/mol. The lowest BCUT2D eigenvalue weighted by Crippen LogP contribution is -2.38. The number of hydrogen-bond acceptors (Lipinski definition) is 6. The summed E-state index contributed by atoms with van der Waals surface area (Å²) in [6, 6.07) is 3.82. The topological polar surface area (TPSA) is 104 Å². The molecule has 0 saturated carbocycles. The average Bonchev–Trinajstić information content (AvgIpc) is 2.99. The van der Waals surface area contributed by atoms with Gasteiger partial charge >= 0.3 is 0 Å². The van der Waals surface area contributed by atoms with Gasteiger partial charge in [-0.05, 0) is 25.0 Å². The largest absolute Gasteiger partial charge is 0.391 e. The zero-order valence-electron chi connectivity index (χ0n) is 12.6. The van der Waals surface area contributed by atoms with Crippen LogP contribution in [0.5, 0.6) is 0 Å². The summed E-state index contributed by atoms with van der Waals surface area (Å²) in [5.41, 5.74) is 9.28. The molecule has 7 nitrogen and oxygen atoms in total. The third-order valence-electron chi connectivity index (χ3n) is 4.24. The molecule has 0 spiro atoms. The van der Waals surface area contributed by atoms with E-state index in [1.54, 1.807) is 12.4 Å². The van der Waals surface area contributed by atoms with Crippen molar-refractivity contribution < 1.29 is 5.11 Å². The molecule has 118 valence electrons. The van der Waals surface area contributed by atoms with Crippen LogP contribution in [0.4, 0.5) is 11.6 Å². The van der Waals surface area contributed by atoms with Gasteiger partial charge in [0.1, 0.15) is 5.65 Å². The van der Waals surface area contributed by atoms with Gasteiger partial charge in [-0.15, -0.1) is 0 Å². The number of H-pyrrole nitrogens is 1. The Morgan fingerprint density at radius 2 is 2.13 bits per heavy atom. The lowest BCUT2D eigenvalue weighted by molar-refractivity contribution is 0.154. The lowest BCUT2D eigenvalue weighted by atomic mass is 10.0. The monoisotopic (exact) mass is 310 g/mol. The van der Waals surface area contributed by atoms with Gasteiger partial charge in [0.2, 0.25) is 5.95 Å². The second kappa shape index (κ2) is 5.51. The molecule has 0 unspecified atom stereocenters. The molecule has 23 heavy (non-hydrogen) atoms. The summed E-state index contributed by atoms with van der Waals surface area (Å²) in [7, 11) is 0. The molecule has 7 heteroatoms. The van der Waals surface area contributed by atoms with Gasteiger partial charge in [0.25, 0.3) is 0 Å². The second-order valence-electron chi connectivity index (χ2n) is 5.80. The van der Waals surface area contributed by atoms with Gasteiger partial charge in [0.05, 0.1) is 22.9 Å².